The molecule has 140 valence electrons. The number of anilines is 1. The van der Waals surface area contributed by atoms with Crippen molar-refractivity contribution in [1.29, 1.82) is 0 Å². The number of benzene rings is 1. The number of aryl methyl sites for hydroxylation is 1. The average Bonchev–Trinajstić information content (AvgIpc) is 2.66. The molecule has 0 saturated carbocycles. The van der Waals surface area contributed by atoms with E-state index in [0.29, 0.717) is 19.5 Å². The zero-order valence-electron chi connectivity index (χ0n) is 16.0. The van der Waals surface area contributed by atoms with Gasteiger partial charge in [-0.3, -0.25) is 9.78 Å². The predicted octanol–water partition coefficient (Wildman–Crippen LogP) is 3.68. The van der Waals surface area contributed by atoms with Gasteiger partial charge in [0, 0.05) is 44.4 Å². The van der Waals surface area contributed by atoms with Gasteiger partial charge in [0.1, 0.15) is 5.75 Å². The minimum absolute atomic E-state index is 0.168. The maximum Gasteiger partial charge on any atom is 0.224 e. The van der Waals surface area contributed by atoms with Crippen LogP contribution in [0, 0.1) is 6.92 Å². The molecular weight excluding hydrogens is 326 g/mol. The number of nitrogens with zero attached hydrogens (tertiary/aromatic N) is 2. The molecule has 0 spiro atoms. The van der Waals surface area contributed by atoms with Crippen LogP contribution >= 0.6 is 0 Å². The van der Waals surface area contributed by atoms with Gasteiger partial charge in [-0.05, 0) is 43.2 Å². The third-order valence-corrected chi connectivity index (χ3v) is 4.22. The molecule has 0 aliphatic rings. The van der Waals surface area contributed by atoms with Gasteiger partial charge in [-0.1, -0.05) is 19.1 Å². The second-order valence-corrected chi connectivity index (χ2v) is 6.33. The van der Waals surface area contributed by atoms with Gasteiger partial charge in [0.15, 0.2) is 0 Å². The standard InChI is InChI=1S/C21H29N3O2/c1-4-14-24(15-11-18-7-5-6-12-22-18)21(25)10-13-23-19-16-17(2)8-9-20(19)26-3/h5-9,12,16,23H,4,10-11,13-15H2,1-3H3. The number of nitrogens with one attached hydrogen (secondary N) is 1. The van der Waals surface area contributed by atoms with E-state index in [9.17, 15) is 4.79 Å². The Morgan fingerprint density at radius 2 is 2.08 bits per heavy atom. The fraction of sp³-hybridized carbons (Fsp3) is 0.429. The van der Waals surface area contributed by atoms with Crippen molar-refractivity contribution < 1.29 is 9.53 Å². The lowest BCUT2D eigenvalue weighted by Crippen LogP contribution is -2.34. The van der Waals surface area contributed by atoms with Crippen LogP contribution in [0.1, 0.15) is 31.0 Å². The first kappa shape index (κ1) is 19.8. The van der Waals surface area contributed by atoms with Gasteiger partial charge in [0.2, 0.25) is 5.91 Å². The quantitative estimate of drug-likeness (QED) is 0.706. The number of carbonyl (C=O) groups is 1. The molecule has 0 fully saturated rings. The maximum absolute atomic E-state index is 12.6. The first-order valence-corrected chi connectivity index (χ1v) is 9.20. The van der Waals surface area contributed by atoms with Gasteiger partial charge in [-0.25, -0.2) is 0 Å². The Bertz CT molecular complexity index is 689. The van der Waals surface area contributed by atoms with Crippen LogP contribution in [0.2, 0.25) is 0 Å². The van der Waals surface area contributed by atoms with E-state index in [0.717, 1.165) is 42.1 Å². The molecule has 5 nitrogen and oxygen atoms in total. The Morgan fingerprint density at radius 1 is 1.23 bits per heavy atom. The summed E-state index contributed by atoms with van der Waals surface area (Å²) in [4.78, 5) is 18.9. The van der Waals surface area contributed by atoms with Crippen LogP contribution in [0.5, 0.6) is 5.75 Å². The highest BCUT2D eigenvalue weighted by Gasteiger charge is 2.13. The van der Waals surface area contributed by atoms with Crippen molar-refractivity contribution in [3.05, 3.63) is 53.9 Å². The molecule has 0 radical (unpaired) electrons. The van der Waals surface area contributed by atoms with Crippen LogP contribution in [0.4, 0.5) is 5.69 Å². The molecule has 0 bridgehead atoms. The predicted molar refractivity (Wildman–Crippen MR) is 106 cm³/mol. The highest BCUT2D eigenvalue weighted by atomic mass is 16.5. The van der Waals surface area contributed by atoms with Crippen LogP contribution in [0.15, 0.2) is 42.6 Å². The molecule has 0 atom stereocenters. The Labute approximate surface area is 156 Å². The number of amides is 1. The third kappa shape index (κ3) is 6.06. The number of carbonyl (C=O) groups excluding carboxylic acids is 1. The van der Waals surface area contributed by atoms with E-state index in [-0.39, 0.29) is 5.91 Å². The van der Waals surface area contributed by atoms with Crippen LogP contribution in [0.3, 0.4) is 0 Å². The monoisotopic (exact) mass is 355 g/mol. The number of hydrogen-bond acceptors (Lipinski definition) is 4. The summed E-state index contributed by atoms with van der Waals surface area (Å²) in [5, 5.41) is 3.32. The molecule has 0 unspecified atom stereocenters. The summed E-state index contributed by atoms with van der Waals surface area (Å²) in [5.41, 5.74) is 3.10. The summed E-state index contributed by atoms with van der Waals surface area (Å²) in [6.07, 6.45) is 3.98. The molecule has 0 saturated heterocycles. The zero-order chi connectivity index (χ0) is 18.8. The molecule has 1 N–H and O–H groups in total. The number of pyridine rings is 1. The lowest BCUT2D eigenvalue weighted by atomic mass is 10.2. The second-order valence-electron chi connectivity index (χ2n) is 6.33. The molecule has 2 aromatic rings. The largest absolute Gasteiger partial charge is 0.495 e. The lowest BCUT2D eigenvalue weighted by molar-refractivity contribution is -0.130. The molecule has 1 heterocycles. The summed E-state index contributed by atoms with van der Waals surface area (Å²) in [6, 6.07) is 11.9. The number of hydrogen-bond donors (Lipinski definition) is 1. The molecule has 1 amide bonds. The second kappa shape index (κ2) is 10.4. The van der Waals surface area contributed by atoms with Crippen LogP contribution in [-0.4, -0.2) is 42.5 Å². The van der Waals surface area contributed by atoms with Crippen molar-refractivity contribution in [2.75, 3.05) is 32.1 Å². The van der Waals surface area contributed by atoms with Crippen molar-refractivity contribution in [2.24, 2.45) is 0 Å². The fourth-order valence-electron chi connectivity index (χ4n) is 2.85. The lowest BCUT2D eigenvalue weighted by Gasteiger charge is -2.22. The molecule has 5 heteroatoms. The third-order valence-electron chi connectivity index (χ3n) is 4.22. The summed E-state index contributed by atoms with van der Waals surface area (Å²) < 4.78 is 5.37. The molecule has 26 heavy (non-hydrogen) atoms. The Morgan fingerprint density at radius 3 is 2.77 bits per heavy atom. The van der Waals surface area contributed by atoms with Gasteiger partial charge >= 0.3 is 0 Å². The van der Waals surface area contributed by atoms with E-state index in [1.807, 2.05) is 48.2 Å². The van der Waals surface area contributed by atoms with Crippen LogP contribution in [0.25, 0.3) is 0 Å². The molecule has 2 rings (SSSR count). The molecule has 1 aromatic heterocycles. The Kier molecular flexibility index (Phi) is 7.93. The van der Waals surface area contributed by atoms with E-state index in [4.69, 9.17) is 4.74 Å². The molecular formula is C21H29N3O2. The summed E-state index contributed by atoms with van der Waals surface area (Å²) in [6.45, 7) is 6.20. The van der Waals surface area contributed by atoms with Gasteiger partial charge in [-0.2, -0.15) is 0 Å². The smallest absolute Gasteiger partial charge is 0.224 e. The van der Waals surface area contributed by atoms with Gasteiger partial charge in [0.25, 0.3) is 0 Å². The van der Waals surface area contributed by atoms with Crippen molar-refractivity contribution >= 4 is 11.6 Å². The van der Waals surface area contributed by atoms with E-state index in [2.05, 4.69) is 17.2 Å². The molecule has 1 aromatic carbocycles. The number of aromatic nitrogens is 1. The van der Waals surface area contributed by atoms with E-state index < -0.39 is 0 Å². The van der Waals surface area contributed by atoms with Crippen molar-refractivity contribution in [1.82, 2.24) is 9.88 Å². The molecule has 0 aliphatic heterocycles. The fourth-order valence-corrected chi connectivity index (χ4v) is 2.85. The highest BCUT2D eigenvalue weighted by molar-refractivity contribution is 5.77. The van der Waals surface area contributed by atoms with Gasteiger partial charge in [0.05, 0.1) is 12.8 Å². The topological polar surface area (TPSA) is 54.5 Å². The minimum atomic E-state index is 0.168. The zero-order valence-corrected chi connectivity index (χ0v) is 16.0. The van der Waals surface area contributed by atoms with Gasteiger partial charge in [-0.15, -0.1) is 0 Å². The van der Waals surface area contributed by atoms with Gasteiger partial charge < -0.3 is 15.0 Å². The first-order valence-electron chi connectivity index (χ1n) is 9.20. The number of rotatable bonds is 10. The summed E-state index contributed by atoms with van der Waals surface area (Å²) in [5.74, 6) is 0.963. The van der Waals surface area contributed by atoms with Crippen molar-refractivity contribution in [3.8, 4) is 5.75 Å². The normalized spacial score (nSPS) is 10.4. The van der Waals surface area contributed by atoms with E-state index in [1.165, 1.54) is 0 Å². The van der Waals surface area contributed by atoms with Crippen molar-refractivity contribution in [3.63, 3.8) is 0 Å². The van der Waals surface area contributed by atoms with Crippen LogP contribution in [-0.2, 0) is 11.2 Å². The molecule has 0 aliphatic carbocycles. The number of ether oxygens (including phenoxy) is 1. The Balaban J connectivity index is 1.86. The summed E-state index contributed by atoms with van der Waals surface area (Å²) >= 11 is 0. The first-order chi connectivity index (χ1) is 12.6. The Hall–Kier alpha value is -2.56. The van der Waals surface area contributed by atoms with Crippen LogP contribution < -0.4 is 10.1 Å². The van der Waals surface area contributed by atoms with E-state index in [1.54, 1.807) is 13.3 Å². The average molecular weight is 355 g/mol. The minimum Gasteiger partial charge on any atom is -0.495 e. The number of methoxy groups -OCH3 is 1. The SMILES string of the molecule is CCCN(CCc1ccccn1)C(=O)CCNc1cc(C)ccc1OC. The van der Waals surface area contributed by atoms with E-state index >= 15 is 0 Å². The van der Waals surface area contributed by atoms with Crippen molar-refractivity contribution in [2.45, 2.75) is 33.1 Å². The summed E-state index contributed by atoms with van der Waals surface area (Å²) in [7, 11) is 1.65. The maximum atomic E-state index is 12.6. The highest BCUT2D eigenvalue weighted by Crippen LogP contribution is 2.25.